The first-order valence-electron chi connectivity index (χ1n) is 5.17. The Hall–Kier alpha value is -0.980. The van der Waals surface area contributed by atoms with Crippen LogP contribution in [0.15, 0.2) is 18.2 Å². The van der Waals surface area contributed by atoms with E-state index in [0.717, 1.165) is 11.3 Å². The predicted molar refractivity (Wildman–Crippen MR) is 56.4 cm³/mol. The number of rotatable bonds is 1. The third-order valence-corrected chi connectivity index (χ3v) is 2.16. The zero-order valence-corrected chi connectivity index (χ0v) is 8.85. The van der Waals surface area contributed by atoms with Crippen molar-refractivity contribution >= 4 is 0 Å². The summed E-state index contributed by atoms with van der Waals surface area (Å²) >= 11 is 0. The molecule has 0 atom stereocenters. The summed E-state index contributed by atoms with van der Waals surface area (Å²) in [5, 5.41) is 0. The van der Waals surface area contributed by atoms with Crippen LogP contribution in [0.3, 0.4) is 0 Å². The van der Waals surface area contributed by atoms with Gasteiger partial charge in [0.2, 0.25) is 0 Å². The van der Waals surface area contributed by atoms with Crippen LogP contribution in [-0.4, -0.2) is 7.11 Å². The van der Waals surface area contributed by atoms with Gasteiger partial charge in [-0.15, -0.1) is 0 Å². The van der Waals surface area contributed by atoms with E-state index < -0.39 is 0 Å². The lowest BCUT2D eigenvalue weighted by molar-refractivity contribution is 0.409. The molecule has 0 aliphatic heterocycles. The second-order valence-electron chi connectivity index (χ2n) is 4.24. The molecule has 72 valence electrons. The normalized spacial score (nSPS) is 12.5. The highest BCUT2D eigenvalue weighted by atomic mass is 16.5. The lowest BCUT2D eigenvalue weighted by atomic mass is 9.84. The number of benzene rings is 1. The van der Waals surface area contributed by atoms with Crippen molar-refractivity contribution in [3.63, 3.8) is 0 Å². The van der Waals surface area contributed by atoms with Gasteiger partial charge >= 0.3 is 0 Å². The maximum atomic E-state index is 7.53. The third-order valence-electron chi connectivity index (χ3n) is 2.16. The fourth-order valence-corrected chi connectivity index (χ4v) is 1.46. The lowest BCUT2D eigenvalue weighted by Gasteiger charge is -2.22. The minimum Gasteiger partial charge on any atom is -0.496 e. The monoisotopic (exact) mass is 179 g/mol. The van der Waals surface area contributed by atoms with Gasteiger partial charge in [-0.05, 0) is 29.5 Å². The van der Waals surface area contributed by atoms with E-state index in [9.17, 15) is 0 Å². The minimum absolute atomic E-state index is 0.0743. The van der Waals surface area contributed by atoms with Gasteiger partial charge in [-0.25, -0.2) is 0 Å². The Kier molecular flexibility index (Phi) is 2.26. The Morgan fingerprint density at radius 1 is 1.31 bits per heavy atom. The van der Waals surface area contributed by atoms with Crippen LogP contribution in [0.1, 0.15) is 33.3 Å². The molecule has 0 amide bonds. The van der Waals surface area contributed by atoms with Crippen LogP contribution in [0, 0.1) is 6.90 Å². The highest BCUT2D eigenvalue weighted by Crippen LogP contribution is 2.30. The zero-order valence-electron chi connectivity index (χ0n) is 9.85. The van der Waals surface area contributed by atoms with Crippen molar-refractivity contribution in [3.8, 4) is 5.75 Å². The summed E-state index contributed by atoms with van der Waals surface area (Å²) in [4.78, 5) is 0. The van der Waals surface area contributed by atoms with Gasteiger partial charge in [0.25, 0.3) is 0 Å². The first-order valence-corrected chi connectivity index (χ1v) is 4.46. The van der Waals surface area contributed by atoms with Gasteiger partial charge in [0.05, 0.1) is 7.11 Å². The molecule has 0 N–H and O–H groups in total. The summed E-state index contributed by atoms with van der Waals surface area (Å²) in [7, 11) is 1.65. The van der Waals surface area contributed by atoms with Crippen molar-refractivity contribution < 1.29 is 6.11 Å². The van der Waals surface area contributed by atoms with Crippen LogP contribution < -0.4 is 4.74 Å². The SMILES string of the molecule is [2H]Cc1c(OC)cccc1C(C)(C)C. The molecule has 0 unspecified atom stereocenters. The highest BCUT2D eigenvalue weighted by Gasteiger charge is 2.17. The van der Waals surface area contributed by atoms with Gasteiger partial charge < -0.3 is 4.74 Å². The molecule has 0 radical (unpaired) electrons. The molecular formula is C12H18O. The van der Waals surface area contributed by atoms with Crippen LogP contribution >= 0.6 is 0 Å². The summed E-state index contributed by atoms with van der Waals surface area (Å²) in [5.41, 5.74) is 2.28. The summed E-state index contributed by atoms with van der Waals surface area (Å²) in [5.74, 6) is 0.826. The smallest absolute Gasteiger partial charge is 0.122 e. The molecule has 1 aromatic rings. The van der Waals surface area contributed by atoms with E-state index in [1.807, 2.05) is 12.1 Å². The van der Waals surface area contributed by atoms with E-state index in [0.29, 0.717) is 0 Å². The Balaban J connectivity index is 3.29. The van der Waals surface area contributed by atoms with Crippen LogP contribution in [0.5, 0.6) is 5.75 Å². The molecule has 0 spiro atoms. The second kappa shape index (κ2) is 3.41. The Bertz CT molecular complexity index is 313. The number of hydrogen-bond acceptors (Lipinski definition) is 1. The van der Waals surface area contributed by atoms with E-state index in [-0.39, 0.29) is 12.3 Å². The highest BCUT2D eigenvalue weighted by molar-refractivity contribution is 5.42. The topological polar surface area (TPSA) is 9.23 Å². The largest absolute Gasteiger partial charge is 0.496 e. The molecule has 0 heterocycles. The number of methoxy groups -OCH3 is 1. The van der Waals surface area contributed by atoms with Gasteiger partial charge in [-0.1, -0.05) is 32.9 Å². The first kappa shape index (κ1) is 8.61. The standard InChI is InChI=1S/C12H18O/c1-9-10(12(2,3)4)7-6-8-11(9)13-5/h6-8H,1-5H3/i1D. The molecule has 0 bridgehead atoms. The van der Waals surface area contributed by atoms with Crippen molar-refractivity contribution in [2.24, 2.45) is 0 Å². The predicted octanol–water partition coefficient (Wildman–Crippen LogP) is 3.30. The molecule has 0 aliphatic carbocycles. The molecule has 0 saturated heterocycles. The Morgan fingerprint density at radius 3 is 2.46 bits per heavy atom. The molecule has 13 heavy (non-hydrogen) atoms. The molecule has 1 rings (SSSR count). The lowest BCUT2D eigenvalue weighted by Crippen LogP contribution is -2.13. The van der Waals surface area contributed by atoms with Crippen molar-refractivity contribution in [2.45, 2.75) is 33.1 Å². The minimum atomic E-state index is 0.0743. The Morgan fingerprint density at radius 2 is 2.00 bits per heavy atom. The molecular weight excluding hydrogens is 160 g/mol. The number of ether oxygens (including phenoxy) is 1. The van der Waals surface area contributed by atoms with Crippen LogP contribution in [0.4, 0.5) is 0 Å². The molecule has 1 heteroatoms. The second-order valence-corrected chi connectivity index (χ2v) is 4.24. The van der Waals surface area contributed by atoms with Crippen molar-refractivity contribution in [3.05, 3.63) is 29.3 Å². The summed E-state index contributed by atoms with van der Waals surface area (Å²) in [6.45, 7) is 6.74. The average molecular weight is 179 g/mol. The van der Waals surface area contributed by atoms with Gasteiger partial charge in [-0.2, -0.15) is 0 Å². The van der Waals surface area contributed by atoms with Crippen LogP contribution in [0.2, 0.25) is 0 Å². The van der Waals surface area contributed by atoms with Crippen LogP contribution in [-0.2, 0) is 5.41 Å². The zero-order chi connectivity index (χ0) is 10.8. The first-order chi connectivity index (χ1) is 6.50. The third kappa shape index (κ3) is 2.03. The quantitative estimate of drug-likeness (QED) is 0.642. The summed E-state index contributed by atoms with van der Waals surface area (Å²) in [6, 6.07) is 5.98. The van der Waals surface area contributed by atoms with Gasteiger partial charge in [0.15, 0.2) is 0 Å². The van der Waals surface area contributed by atoms with Crippen molar-refractivity contribution in [2.75, 3.05) is 7.11 Å². The van der Waals surface area contributed by atoms with E-state index in [4.69, 9.17) is 6.11 Å². The van der Waals surface area contributed by atoms with Crippen molar-refractivity contribution in [1.29, 1.82) is 0 Å². The maximum Gasteiger partial charge on any atom is 0.122 e. The summed E-state index contributed by atoms with van der Waals surface area (Å²) < 4.78 is 12.8. The van der Waals surface area contributed by atoms with Crippen molar-refractivity contribution in [1.82, 2.24) is 0 Å². The average Bonchev–Trinajstić information content (AvgIpc) is 2.15. The fraction of sp³-hybridized carbons (Fsp3) is 0.500. The van der Waals surface area contributed by atoms with Gasteiger partial charge in [0, 0.05) is 1.37 Å². The molecule has 0 fully saturated rings. The maximum absolute atomic E-state index is 7.53. The molecule has 0 aromatic heterocycles. The van der Waals surface area contributed by atoms with E-state index in [2.05, 4.69) is 26.8 Å². The Labute approximate surface area is 82.1 Å². The van der Waals surface area contributed by atoms with E-state index in [1.54, 1.807) is 7.11 Å². The van der Waals surface area contributed by atoms with Gasteiger partial charge in [-0.3, -0.25) is 0 Å². The van der Waals surface area contributed by atoms with Crippen LogP contribution in [0.25, 0.3) is 0 Å². The van der Waals surface area contributed by atoms with E-state index in [1.165, 1.54) is 5.56 Å². The fourth-order valence-electron chi connectivity index (χ4n) is 1.46. The molecule has 0 aliphatic rings. The van der Waals surface area contributed by atoms with E-state index >= 15 is 0 Å². The molecule has 1 aromatic carbocycles. The van der Waals surface area contributed by atoms with Gasteiger partial charge in [0.1, 0.15) is 5.75 Å². The molecule has 0 saturated carbocycles. The number of hydrogen-bond donors (Lipinski definition) is 0. The summed E-state index contributed by atoms with van der Waals surface area (Å²) in [6.07, 6.45) is 0. The molecule has 1 nitrogen and oxygen atoms in total.